The number of aryl methyl sites for hydroxylation is 2. The van der Waals surface area contributed by atoms with Crippen LogP contribution in [0.3, 0.4) is 0 Å². The normalized spacial score (nSPS) is 15.0. The first kappa shape index (κ1) is 11.5. The summed E-state index contributed by atoms with van der Waals surface area (Å²) in [5.41, 5.74) is 4.86. The van der Waals surface area contributed by atoms with Gasteiger partial charge in [-0.1, -0.05) is 17.7 Å². The van der Waals surface area contributed by atoms with E-state index >= 15 is 0 Å². The van der Waals surface area contributed by atoms with Crippen LogP contribution in [0.1, 0.15) is 29.7 Å². The molecule has 1 aliphatic carbocycles. The highest BCUT2D eigenvalue weighted by molar-refractivity contribution is 5.43. The van der Waals surface area contributed by atoms with Crippen molar-refractivity contribution in [1.29, 1.82) is 0 Å². The fraction of sp³-hybridized carbons (Fsp3) is 0.400. The van der Waals surface area contributed by atoms with Crippen molar-refractivity contribution in [3.63, 3.8) is 0 Å². The van der Waals surface area contributed by atoms with Gasteiger partial charge in [-0.15, -0.1) is 0 Å². The Hall–Kier alpha value is -1.61. The van der Waals surface area contributed by atoms with Crippen LogP contribution in [0.5, 0.6) is 0 Å². The molecule has 0 atom stereocenters. The SMILES string of the molecule is Cc1ccc(-n2ccc(C)n2)c(CNC2CC2)c1. The number of nitrogens with one attached hydrogen (secondary N) is 1. The number of nitrogens with zero attached hydrogens (tertiary/aromatic N) is 2. The van der Waals surface area contributed by atoms with E-state index in [-0.39, 0.29) is 0 Å². The summed E-state index contributed by atoms with van der Waals surface area (Å²) in [6, 6.07) is 9.33. The molecule has 1 N–H and O–H groups in total. The minimum Gasteiger partial charge on any atom is -0.310 e. The molecule has 2 aromatic rings. The van der Waals surface area contributed by atoms with Crippen molar-refractivity contribution < 1.29 is 0 Å². The molecular weight excluding hydrogens is 222 g/mol. The van der Waals surface area contributed by atoms with Crippen molar-refractivity contribution in [2.45, 2.75) is 39.3 Å². The molecule has 0 radical (unpaired) electrons. The van der Waals surface area contributed by atoms with Crippen molar-refractivity contribution in [2.24, 2.45) is 0 Å². The third-order valence-corrected chi connectivity index (χ3v) is 3.36. The maximum atomic E-state index is 4.50. The molecule has 1 fully saturated rings. The summed E-state index contributed by atoms with van der Waals surface area (Å²) in [5, 5.41) is 8.08. The topological polar surface area (TPSA) is 29.9 Å². The van der Waals surface area contributed by atoms with E-state index in [1.165, 1.54) is 29.7 Å². The van der Waals surface area contributed by atoms with Gasteiger partial charge < -0.3 is 5.32 Å². The summed E-state index contributed by atoms with van der Waals surface area (Å²) in [5.74, 6) is 0. The summed E-state index contributed by atoms with van der Waals surface area (Å²) < 4.78 is 1.97. The Morgan fingerprint density at radius 2 is 2.11 bits per heavy atom. The van der Waals surface area contributed by atoms with E-state index in [1.807, 2.05) is 23.9 Å². The van der Waals surface area contributed by atoms with Gasteiger partial charge in [0, 0.05) is 18.8 Å². The second kappa shape index (κ2) is 4.58. The molecule has 1 aliphatic rings. The molecule has 1 aromatic heterocycles. The van der Waals surface area contributed by atoms with E-state index in [4.69, 9.17) is 0 Å². The smallest absolute Gasteiger partial charge is 0.0690 e. The van der Waals surface area contributed by atoms with Crippen molar-refractivity contribution in [3.8, 4) is 5.69 Å². The van der Waals surface area contributed by atoms with Crippen LogP contribution in [0.2, 0.25) is 0 Å². The Kier molecular flexibility index (Phi) is 2.92. The van der Waals surface area contributed by atoms with Crippen LogP contribution >= 0.6 is 0 Å². The fourth-order valence-corrected chi connectivity index (χ4v) is 2.17. The van der Waals surface area contributed by atoms with Gasteiger partial charge >= 0.3 is 0 Å². The molecule has 0 saturated heterocycles. The Bertz CT molecular complexity index is 553. The summed E-state index contributed by atoms with van der Waals surface area (Å²) in [6.07, 6.45) is 4.67. The Morgan fingerprint density at radius 1 is 1.28 bits per heavy atom. The minimum atomic E-state index is 0.734. The van der Waals surface area contributed by atoms with Gasteiger partial charge in [0.05, 0.1) is 11.4 Å². The van der Waals surface area contributed by atoms with Gasteiger partial charge in [-0.25, -0.2) is 4.68 Å². The molecule has 0 aliphatic heterocycles. The van der Waals surface area contributed by atoms with Crippen LogP contribution in [-0.2, 0) is 6.54 Å². The first-order valence-corrected chi connectivity index (χ1v) is 6.58. The summed E-state index contributed by atoms with van der Waals surface area (Å²) in [6.45, 7) is 5.09. The van der Waals surface area contributed by atoms with Gasteiger partial charge in [0.2, 0.25) is 0 Å². The highest BCUT2D eigenvalue weighted by Crippen LogP contribution is 2.21. The van der Waals surface area contributed by atoms with Crippen LogP contribution < -0.4 is 5.32 Å². The van der Waals surface area contributed by atoms with Crippen molar-refractivity contribution >= 4 is 0 Å². The fourth-order valence-electron chi connectivity index (χ4n) is 2.17. The number of rotatable bonds is 4. The van der Waals surface area contributed by atoms with Crippen LogP contribution in [-0.4, -0.2) is 15.8 Å². The Balaban J connectivity index is 1.91. The molecule has 1 saturated carbocycles. The molecule has 94 valence electrons. The summed E-state index contributed by atoms with van der Waals surface area (Å²) in [4.78, 5) is 0. The molecule has 3 nitrogen and oxygen atoms in total. The predicted octanol–water partition coefficient (Wildman–Crippen LogP) is 2.74. The molecule has 1 heterocycles. The Morgan fingerprint density at radius 3 is 2.78 bits per heavy atom. The molecule has 0 spiro atoms. The number of hydrogen-bond acceptors (Lipinski definition) is 2. The van der Waals surface area contributed by atoms with Gasteiger partial charge in [-0.3, -0.25) is 0 Å². The zero-order valence-corrected chi connectivity index (χ0v) is 11.0. The van der Waals surface area contributed by atoms with E-state index < -0.39 is 0 Å². The van der Waals surface area contributed by atoms with E-state index in [0.717, 1.165) is 18.3 Å². The highest BCUT2D eigenvalue weighted by atomic mass is 15.3. The van der Waals surface area contributed by atoms with Gasteiger partial charge in [0.25, 0.3) is 0 Å². The second-order valence-corrected chi connectivity index (χ2v) is 5.19. The maximum Gasteiger partial charge on any atom is 0.0690 e. The standard InChI is InChI=1S/C15H19N3/c1-11-3-6-15(18-8-7-12(2)17-18)13(9-11)10-16-14-4-5-14/h3,6-9,14,16H,4-5,10H2,1-2H3. The summed E-state index contributed by atoms with van der Waals surface area (Å²) >= 11 is 0. The molecule has 1 aromatic carbocycles. The van der Waals surface area contributed by atoms with Crippen molar-refractivity contribution in [2.75, 3.05) is 0 Å². The van der Waals surface area contributed by atoms with Gasteiger partial charge in [0.1, 0.15) is 0 Å². The van der Waals surface area contributed by atoms with Gasteiger partial charge in [0.15, 0.2) is 0 Å². The lowest BCUT2D eigenvalue weighted by Crippen LogP contribution is -2.17. The van der Waals surface area contributed by atoms with Crippen LogP contribution in [0, 0.1) is 13.8 Å². The highest BCUT2D eigenvalue weighted by Gasteiger charge is 2.20. The molecule has 0 amide bonds. The first-order valence-electron chi connectivity index (χ1n) is 6.58. The average molecular weight is 241 g/mol. The lowest BCUT2D eigenvalue weighted by atomic mass is 10.1. The molecule has 0 bridgehead atoms. The van der Waals surface area contributed by atoms with Gasteiger partial charge in [-0.05, 0) is 44.4 Å². The molecular formula is C15H19N3. The number of aromatic nitrogens is 2. The minimum absolute atomic E-state index is 0.734. The number of hydrogen-bond donors (Lipinski definition) is 1. The largest absolute Gasteiger partial charge is 0.310 e. The van der Waals surface area contributed by atoms with Crippen molar-refractivity contribution in [1.82, 2.24) is 15.1 Å². The van der Waals surface area contributed by atoms with Crippen molar-refractivity contribution in [3.05, 3.63) is 47.3 Å². The monoisotopic (exact) mass is 241 g/mol. The summed E-state index contributed by atoms with van der Waals surface area (Å²) in [7, 11) is 0. The third-order valence-electron chi connectivity index (χ3n) is 3.36. The zero-order valence-electron chi connectivity index (χ0n) is 11.0. The van der Waals surface area contributed by atoms with Crippen LogP contribution in [0.25, 0.3) is 5.69 Å². The maximum absolute atomic E-state index is 4.50. The molecule has 3 rings (SSSR count). The van der Waals surface area contributed by atoms with E-state index in [2.05, 4.69) is 35.5 Å². The number of benzene rings is 1. The van der Waals surface area contributed by atoms with Crippen LogP contribution in [0.15, 0.2) is 30.5 Å². The molecule has 0 unspecified atom stereocenters. The zero-order chi connectivity index (χ0) is 12.5. The quantitative estimate of drug-likeness (QED) is 0.892. The van der Waals surface area contributed by atoms with E-state index in [9.17, 15) is 0 Å². The lowest BCUT2D eigenvalue weighted by Gasteiger charge is -2.11. The lowest BCUT2D eigenvalue weighted by molar-refractivity contribution is 0.680. The molecule has 3 heteroatoms. The predicted molar refractivity (Wildman–Crippen MR) is 72.9 cm³/mol. The third kappa shape index (κ3) is 2.46. The molecule has 18 heavy (non-hydrogen) atoms. The van der Waals surface area contributed by atoms with E-state index in [0.29, 0.717) is 0 Å². The second-order valence-electron chi connectivity index (χ2n) is 5.19. The average Bonchev–Trinajstić information content (AvgIpc) is 3.08. The van der Waals surface area contributed by atoms with Crippen LogP contribution in [0.4, 0.5) is 0 Å². The first-order chi connectivity index (χ1) is 8.72. The Labute approximate surface area is 108 Å². The van der Waals surface area contributed by atoms with Gasteiger partial charge in [-0.2, -0.15) is 5.10 Å². The van der Waals surface area contributed by atoms with E-state index in [1.54, 1.807) is 0 Å².